The van der Waals surface area contributed by atoms with Crippen LogP contribution in [0.15, 0.2) is 12.7 Å². The maximum atomic E-state index is 14.9. The van der Waals surface area contributed by atoms with Crippen LogP contribution in [-0.4, -0.2) is 90.1 Å². The van der Waals surface area contributed by atoms with Crippen molar-refractivity contribution in [1.82, 2.24) is 26.2 Å². The van der Waals surface area contributed by atoms with Gasteiger partial charge in [-0.1, -0.05) is 46.1 Å². The van der Waals surface area contributed by atoms with Gasteiger partial charge in [0.15, 0.2) is 9.84 Å². The molecule has 13 heteroatoms. The van der Waals surface area contributed by atoms with Crippen molar-refractivity contribution in [3.63, 3.8) is 0 Å². The van der Waals surface area contributed by atoms with Gasteiger partial charge >= 0.3 is 6.03 Å². The standard InChI is InChI=1S/C39H59N5O7S/c1-9-11-15-27(30(45)33(47)40-18-10-2)41-32(46)29-28-26(37(28,6)7)22-44(29)34(48)31(38(8)16-13-12-14-17-38)42-35(49)43-39(20-24-19-25(24)21-39)23-52(50,51)36(3,4)5/h1,10,24-29,31H,2,11-23H2,3-8H3,(H,40,47)(H,41,46)(H2,42,43,49)/t24-,25+,26-,27?,28-,29-,31+,39-/m0/s1. The Bertz CT molecular complexity index is 1610. The normalized spacial score (nSPS) is 30.7. The number of ketones is 1. The van der Waals surface area contributed by atoms with Crippen LogP contribution in [0.2, 0.25) is 0 Å². The number of terminal acetylenes is 1. The molecule has 4 saturated carbocycles. The molecule has 0 radical (unpaired) electrons. The van der Waals surface area contributed by atoms with E-state index in [1.807, 2.05) is 6.92 Å². The highest BCUT2D eigenvalue weighted by atomic mass is 32.2. The molecule has 0 aromatic heterocycles. The fraction of sp³-hybridized carbons (Fsp3) is 0.769. The molecule has 4 aliphatic carbocycles. The van der Waals surface area contributed by atoms with E-state index in [-0.39, 0.29) is 48.3 Å². The SMILES string of the molecule is C#CCCC(NC(=O)[C@@H]1[C@@H]2[C@H](CN1C(=O)[C@@H](NC(=O)N[C@]1(CS(=O)(=O)C(C)(C)C)C[C@H]3C[C@H]3C1)C1(C)CCCCC1)C2(C)C)C(=O)C(=O)NCC=C. The smallest absolute Gasteiger partial charge is 0.315 e. The fourth-order valence-corrected chi connectivity index (χ4v) is 10.9. The lowest BCUT2D eigenvalue weighted by atomic mass is 9.70. The average molecular weight is 742 g/mol. The van der Waals surface area contributed by atoms with E-state index in [9.17, 15) is 32.4 Å². The van der Waals surface area contributed by atoms with Crippen molar-refractivity contribution in [2.45, 2.75) is 134 Å². The zero-order valence-electron chi connectivity index (χ0n) is 31.8. The second-order valence-corrected chi connectivity index (χ2v) is 20.9. The van der Waals surface area contributed by atoms with Crippen LogP contribution in [0.3, 0.4) is 0 Å². The number of amides is 5. The van der Waals surface area contributed by atoms with Crippen molar-refractivity contribution < 1.29 is 32.4 Å². The van der Waals surface area contributed by atoms with Gasteiger partial charge in [0, 0.05) is 19.5 Å². The van der Waals surface area contributed by atoms with E-state index >= 15 is 0 Å². The number of nitrogens with zero attached hydrogens (tertiary/aromatic N) is 1. The van der Waals surface area contributed by atoms with Crippen LogP contribution in [0, 0.1) is 46.8 Å². The summed E-state index contributed by atoms with van der Waals surface area (Å²) in [5.41, 5.74) is -1.76. The number of piperidine rings is 1. The van der Waals surface area contributed by atoms with Crippen LogP contribution < -0.4 is 21.3 Å². The molecule has 8 atom stereocenters. The summed E-state index contributed by atoms with van der Waals surface area (Å²) in [6, 6.07) is -3.65. The molecule has 0 bridgehead atoms. The largest absolute Gasteiger partial charge is 0.346 e. The second-order valence-electron chi connectivity index (χ2n) is 18.1. The summed E-state index contributed by atoms with van der Waals surface area (Å²) in [6.45, 7) is 15.1. The highest BCUT2D eigenvalue weighted by Crippen LogP contribution is 2.65. The number of rotatable bonds is 14. The van der Waals surface area contributed by atoms with Crippen LogP contribution in [0.25, 0.3) is 0 Å². The molecule has 5 aliphatic rings. The number of likely N-dealkylation sites (tertiary alicyclic amines) is 1. The third-order valence-corrected chi connectivity index (χ3v) is 15.8. The molecular weight excluding hydrogens is 683 g/mol. The minimum absolute atomic E-state index is 0.0349. The van der Waals surface area contributed by atoms with Crippen LogP contribution in [0.4, 0.5) is 4.79 Å². The van der Waals surface area contributed by atoms with E-state index in [0.717, 1.165) is 25.7 Å². The van der Waals surface area contributed by atoms with Crippen LogP contribution >= 0.6 is 0 Å². The topological polar surface area (TPSA) is 171 Å². The third kappa shape index (κ3) is 7.92. The number of urea groups is 1. The van der Waals surface area contributed by atoms with Crippen molar-refractivity contribution >= 4 is 39.4 Å². The number of hydrogen-bond acceptors (Lipinski definition) is 7. The molecule has 0 aromatic rings. The Kier molecular flexibility index (Phi) is 11.1. The molecule has 4 N–H and O–H groups in total. The lowest BCUT2D eigenvalue weighted by Gasteiger charge is -2.44. The monoisotopic (exact) mass is 741 g/mol. The van der Waals surface area contributed by atoms with Gasteiger partial charge in [-0.15, -0.1) is 18.9 Å². The summed E-state index contributed by atoms with van der Waals surface area (Å²) in [7, 11) is -3.57. The Morgan fingerprint density at radius 1 is 1.02 bits per heavy atom. The van der Waals surface area contributed by atoms with Crippen LogP contribution in [0.1, 0.15) is 106 Å². The summed E-state index contributed by atoms with van der Waals surface area (Å²) in [5, 5.41) is 11.4. The first-order valence-corrected chi connectivity index (χ1v) is 20.6. The van der Waals surface area contributed by atoms with Crippen LogP contribution in [-0.2, 0) is 29.0 Å². The molecule has 1 unspecified atom stereocenters. The quantitative estimate of drug-likeness (QED) is 0.120. The maximum absolute atomic E-state index is 14.9. The van der Waals surface area contributed by atoms with Gasteiger partial charge in [-0.25, -0.2) is 13.2 Å². The Labute approximate surface area is 309 Å². The Morgan fingerprint density at radius 2 is 1.65 bits per heavy atom. The minimum atomic E-state index is -3.57. The Hall–Kier alpha value is -3.40. The van der Waals surface area contributed by atoms with Gasteiger partial charge in [0.1, 0.15) is 12.1 Å². The van der Waals surface area contributed by atoms with Gasteiger partial charge in [0.25, 0.3) is 5.91 Å². The molecule has 5 rings (SSSR count). The highest BCUT2D eigenvalue weighted by molar-refractivity contribution is 7.92. The van der Waals surface area contributed by atoms with Gasteiger partial charge in [0.05, 0.1) is 22.1 Å². The second kappa shape index (κ2) is 14.4. The van der Waals surface area contributed by atoms with E-state index in [1.54, 1.807) is 25.7 Å². The third-order valence-electron chi connectivity index (χ3n) is 13.0. The number of hydrogen-bond donors (Lipinski definition) is 4. The number of carbonyl (C=O) groups is 5. The van der Waals surface area contributed by atoms with Crippen molar-refractivity contribution in [2.75, 3.05) is 18.8 Å². The van der Waals surface area contributed by atoms with Crippen LogP contribution in [0.5, 0.6) is 0 Å². The van der Waals surface area contributed by atoms with Crippen molar-refractivity contribution in [3.05, 3.63) is 12.7 Å². The lowest BCUT2D eigenvalue weighted by molar-refractivity contribution is -0.146. The zero-order valence-corrected chi connectivity index (χ0v) is 32.6. The summed E-state index contributed by atoms with van der Waals surface area (Å²) < 4.78 is 25.9. The predicted octanol–water partition coefficient (Wildman–Crippen LogP) is 3.26. The number of Topliss-reactive ketones (excluding diaryl/α,β-unsaturated/α-hetero) is 1. The Balaban J connectivity index is 1.40. The van der Waals surface area contributed by atoms with Crippen molar-refractivity contribution in [2.24, 2.45) is 34.5 Å². The molecule has 5 amide bonds. The van der Waals surface area contributed by atoms with Gasteiger partial charge in [-0.05, 0) is 93.8 Å². The summed E-state index contributed by atoms with van der Waals surface area (Å²) in [5.74, 6) is 0.317. The molecule has 0 spiro atoms. The van der Waals surface area contributed by atoms with Gasteiger partial charge in [-0.2, -0.15) is 0 Å². The molecule has 1 aliphatic heterocycles. The Morgan fingerprint density at radius 3 is 2.23 bits per heavy atom. The van der Waals surface area contributed by atoms with Gasteiger partial charge in [-0.3, -0.25) is 19.2 Å². The van der Waals surface area contributed by atoms with E-state index in [0.29, 0.717) is 44.1 Å². The first-order chi connectivity index (χ1) is 24.2. The van der Waals surface area contributed by atoms with Crippen molar-refractivity contribution in [3.8, 4) is 12.3 Å². The zero-order chi connectivity index (χ0) is 38.4. The van der Waals surface area contributed by atoms with E-state index < -0.39 is 67.3 Å². The number of sulfone groups is 1. The van der Waals surface area contributed by atoms with Gasteiger partial charge < -0.3 is 26.2 Å². The van der Waals surface area contributed by atoms with Gasteiger partial charge in [0.2, 0.25) is 17.6 Å². The fourth-order valence-electron chi connectivity index (χ4n) is 9.47. The molecule has 0 aromatic carbocycles. The first kappa shape index (κ1) is 39.8. The molecular formula is C39H59N5O7S. The van der Waals surface area contributed by atoms with E-state index in [4.69, 9.17) is 6.42 Å². The molecule has 12 nitrogen and oxygen atoms in total. The molecule has 52 heavy (non-hydrogen) atoms. The van der Waals surface area contributed by atoms with E-state index in [2.05, 4.69) is 47.6 Å². The first-order valence-electron chi connectivity index (χ1n) is 19.0. The maximum Gasteiger partial charge on any atom is 0.315 e. The minimum Gasteiger partial charge on any atom is -0.346 e. The summed E-state index contributed by atoms with van der Waals surface area (Å²) in [4.78, 5) is 70.4. The number of nitrogens with one attached hydrogen (secondary N) is 4. The molecule has 1 saturated heterocycles. The molecule has 288 valence electrons. The average Bonchev–Trinajstić information content (AvgIpc) is 3.73. The predicted molar refractivity (Wildman–Crippen MR) is 198 cm³/mol. The number of carbonyl (C=O) groups excluding carboxylic acids is 5. The molecule has 5 fully saturated rings. The van der Waals surface area contributed by atoms with E-state index in [1.165, 1.54) is 6.08 Å². The number of fused-ring (bicyclic) bond motifs is 2. The van der Waals surface area contributed by atoms with Crippen molar-refractivity contribution in [1.29, 1.82) is 0 Å². The highest BCUT2D eigenvalue weighted by Gasteiger charge is 2.70. The summed E-state index contributed by atoms with van der Waals surface area (Å²) >= 11 is 0. The lowest BCUT2D eigenvalue weighted by Crippen LogP contribution is -2.64. The molecule has 1 heterocycles. The summed E-state index contributed by atoms with van der Waals surface area (Å²) in [6.07, 6.45) is 13.5.